The van der Waals surface area contributed by atoms with E-state index < -0.39 is 23.2 Å². The fraction of sp³-hybridized carbons (Fsp3) is 0.429. The maximum absolute atomic E-state index is 13.5. The third-order valence-corrected chi connectivity index (χ3v) is 2.32. The van der Waals surface area contributed by atoms with Crippen LogP contribution < -0.4 is 10.1 Å². The van der Waals surface area contributed by atoms with Crippen molar-refractivity contribution in [2.24, 2.45) is 0 Å². The van der Waals surface area contributed by atoms with Crippen molar-refractivity contribution >= 4 is 11.9 Å². The van der Waals surface area contributed by atoms with Crippen LogP contribution in [0.15, 0.2) is 12.1 Å². The Labute approximate surface area is 112 Å². The summed E-state index contributed by atoms with van der Waals surface area (Å²) in [5, 5.41) is 2.62. The van der Waals surface area contributed by atoms with Crippen molar-refractivity contribution < 1.29 is 18.7 Å². The van der Waals surface area contributed by atoms with E-state index in [2.05, 4.69) is 5.32 Å². The number of halogens is 1. The minimum Gasteiger partial charge on any atom is -0.410 e. The van der Waals surface area contributed by atoms with Crippen LogP contribution in [-0.4, -0.2) is 17.4 Å². The Balaban J connectivity index is 2.99. The Bertz CT molecular complexity index is 518. The number of ether oxygens (including phenoxy) is 1. The molecule has 104 valence electrons. The number of hydrogen-bond acceptors (Lipinski definition) is 3. The first-order valence-electron chi connectivity index (χ1n) is 5.91. The molecule has 0 unspecified atom stereocenters. The van der Waals surface area contributed by atoms with Crippen LogP contribution in [0.1, 0.15) is 43.6 Å². The van der Waals surface area contributed by atoms with E-state index >= 15 is 0 Å². The molecule has 1 amide bonds. The zero-order valence-electron chi connectivity index (χ0n) is 11.8. The van der Waals surface area contributed by atoms with Crippen LogP contribution in [0.5, 0.6) is 5.75 Å². The highest BCUT2D eigenvalue weighted by Crippen LogP contribution is 2.23. The molecule has 0 saturated heterocycles. The lowest BCUT2D eigenvalue weighted by molar-refractivity contribution is 0.101. The number of rotatable bonds is 2. The zero-order valence-corrected chi connectivity index (χ0v) is 11.8. The van der Waals surface area contributed by atoms with Gasteiger partial charge in [0.25, 0.3) is 0 Å². The summed E-state index contributed by atoms with van der Waals surface area (Å²) < 4.78 is 18.6. The monoisotopic (exact) mass is 267 g/mol. The van der Waals surface area contributed by atoms with Gasteiger partial charge in [-0.25, -0.2) is 9.18 Å². The Kier molecular flexibility index (Phi) is 4.29. The highest BCUT2D eigenvalue weighted by Gasteiger charge is 2.18. The number of carbonyl (C=O) groups is 2. The maximum atomic E-state index is 13.5. The van der Waals surface area contributed by atoms with Crippen molar-refractivity contribution in [1.82, 2.24) is 5.32 Å². The van der Waals surface area contributed by atoms with Crippen molar-refractivity contribution in [1.29, 1.82) is 0 Å². The van der Waals surface area contributed by atoms with E-state index in [0.717, 1.165) is 0 Å². The Morgan fingerprint density at radius 3 is 2.32 bits per heavy atom. The van der Waals surface area contributed by atoms with E-state index in [-0.39, 0.29) is 11.3 Å². The molecule has 0 fully saturated rings. The van der Waals surface area contributed by atoms with Crippen LogP contribution in [0.25, 0.3) is 0 Å². The summed E-state index contributed by atoms with van der Waals surface area (Å²) in [5.41, 5.74) is -0.0789. The molecule has 0 radical (unpaired) electrons. The van der Waals surface area contributed by atoms with Gasteiger partial charge in [-0.05, 0) is 52.3 Å². The highest BCUT2D eigenvalue weighted by molar-refractivity contribution is 5.95. The van der Waals surface area contributed by atoms with E-state index in [4.69, 9.17) is 4.74 Å². The van der Waals surface area contributed by atoms with E-state index in [1.54, 1.807) is 6.92 Å². The van der Waals surface area contributed by atoms with Gasteiger partial charge in [0, 0.05) is 5.54 Å². The van der Waals surface area contributed by atoms with Crippen LogP contribution in [0.4, 0.5) is 9.18 Å². The first-order valence-corrected chi connectivity index (χ1v) is 5.91. The zero-order chi connectivity index (χ0) is 14.8. The van der Waals surface area contributed by atoms with Crippen LogP contribution in [-0.2, 0) is 0 Å². The number of hydrogen-bond donors (Lipinski definition) is 1. The van der Waals surface area contributed by atoms with Crippen LogP contribution in [0.3, 0.4) is 0 Å². The Hall–Kier alpha value is -1.91. The lowest BCUT2D eigenvalue weighted by Gasteiger charge is -2.20. The molecule has 0 bridgehead atoms. The average molecular weight is 267 g/mol. The third kappa shape index (κ3) is 4.35. The minimum absolute atomic E-state index is 0.0934. The van der Waals surface area contributed by atoms with Gasteiger partial charge in [0.05, 0.1) is 5.56 Å². The summed E-state index contributed by atoms with van der Waals surface area (Å²) in [5.74, 6) is -0.861. The minimum atomic E-state index is -0.642. The van der Waals surface area contributed by atoms with Gasteiger partial charge < -0.3 is 10.1 Å². The van der Waals surface area contributed by atoms with E-state index in [1.165, 1.54) is 19.1 Å². The molecule has 0 aliphatic heterocycles. The molecule has 0 saturated carbocycles. The predicted octanol–water partition coefficient (Wildman–Crippen LogP) is 3.22. The van der Waals surface area contributed by atoms with Crippen LogP contribution >= 0.6 is 0 Å². The highest BCUT2D eigenvalue weighted by atomic mass is 19.1. The van der Waals surface area contributed by atoms with Crippen LogP contribution in [0.2, 0.25) is 0 Å². The van der Waals surface area contributed by atoms with Crippen molar-refractivity contribution in [3.8, 4) is 5.75 Å². The van der Waals surface area contributed by atoms with Crippen molar-refractivity contribution in [2.45, 2.75) is 40.2 Å². The summed E-state index contributed by atoms with van der Waals surface area (Å²) >= 11 is 0. The number of amides is 1. The molecule has 0 aromatic heterocycles. The molecule has 1 rings (SSSR count). The Morgan fingerprint density at radius 1 is 1.26 bits per heavy atom. The summed E-state index contributed by atoms with van der Waals surface area (Å²) in [4.78, 5) is 22.9. The number of Topliss-reactive ketones (excluding diaryl/α,β-unsaturated/α-hetero) is 1. The molecular weight excluding hydrogens is 249 g/mol. The molecule has 4 nitrogen and oxygen atoms in total. The first-order chi connectivity index (χ1) is 8.60. The first kappa shape index (κ1) is 15.1. The van der Waals surface area contributed by atoms with Gasteiger partial charge in [0.1, 0.15) is 11.6 Å². The lowest BCUT2D eigenvalue weighted by atomic mass is 10.1. The van der Waals surface area contributed by atoms with E-state index in [1.807, 2.05) is 20.8 Å². The SMILES string of the molecule is CC(=O)c1cc(OC(=O)NC(C)(C)C)c(C)cc1F. The number of carbonyl (C=O) groups excluding carboxylic acids is 2. The number of aryl methyl sites for hydroxylation is 1. The van der Waals surface area contributed by atoms with Gasteiger partial charge in [-0.1, -0.05) is 0 Å². The second-order valence-corrected chi connectivity index (χ2v) is 5.42. The largest absolute Gasteiger partial charge is 0.413 e. The molecular formula is C14H18FNO3. The van der Waals surface area contributed by atoms with Crippen molar-refractivity contribution in [2.75, 3.05) is 0 Å². The quantitative estimate of drug-likeness (QED) is 0.837. The summed E-state index contributed by atoms with van der Waals surface area (Å²) in [6, 6.07) is 2.42. The topological polar surface area (TPSA) is 55.4 Å². The fourth-order valence-corrected chi connectivity index (χ4v) is 1.46. The van der Waals surface area contributed by atoms with Crippen LogP contribution in [0, 0.1) is 12.7 Å². The van der Waals surface area contributed by atoms with Gasteiger partial charge in [0.2, 0.25) is 0 Å². The van der Waals surface area contributed by atoms with E-state index in [9.17, 15) is 14.0 Å². The average Bonchev–Trinajstić information content (AvgIpc) is 2.18. The number of benzene rings is 1. The molecule has 1 N–H and O–H groups in total. The maximum Gasteiger partial charge on any atom is 0.413 e. The number of nitrogens with one attached hydrogen (secondary N) is 1. The normalized spacial score (nSPS) is 11.1. The van der Waals surface area contributed by atoms with Crippen molar-refractivity contribution in [3.63, 3.8) is 0 Å². The summed E-state index contributed by atoms with van der Waals surface area (Å²) in [6.45, 7) is 8.30. The second kappa shape index (κ2) is 5.38. The van der Waals surface area contributed by atoms with Gasteiger partial charge in [-0.3, -0.25) is 4.79 Å². The smallest absolute Gasteiger partial charge is 0.410 e. The molecule has 19 heavy (non-hydrogen) atoms. The molecule has 1 aromatic rings. The third-order valence-electron chi connectivity index (χ3n) is 2.32. The second-order valence-electron chi connectivity index (χ2n) is 5.42. The molecule has 5 heteroatoms. The predicted molar refractivity (Wildman–Crippen MR) is 70.1 cm³/mol. The standard InChI is InChI=1S/C14H18FNO3/c1-8-6-11(15)10(9(2)17)7-12(8)19-13(18)16-14(3,4)5/h6-7H,1-5H3,(H,16,18). The molecule has 0 heterocycles. The Morgan fingerprint density at radius 2 is 1.84 bits per heavy atom. The molecule has 0 atom stereocenters. The molecule has 0 aliphatic carbocycles. The van der Waals surface area contributed by atoms with Gasteiger partial charge >= 0.3 is 6.09 Å². The van der Waals surface area contributed by atoms with Gasteiger partial charge in [-0.15, -0.1) is 0 Å². The molecule has 1 aromatic carbocycles. The summed E-state index contributed by atoms with van der Waals surface area (Å²) in [6.07, 6.45) is -0.642. The number of ketones is 1. The molecule has 0 spiro atoms. The van der Waals surface area contributed by atoms with E-state index in [0.29, 0.717) is 5.56 Å². The fourth-order valence-electron chi connectivity index (χ4n) is 1.46. The molecule has 0 aliphatic rings. The summed E-state index contributed by atoms with van der Waals surface area (Å²) in [7, 11) is 0. The van der Waals surface area contributed by atoms with Gasteiger partial charge in [0.15, 0.2) is 5.78 Å². The van der Waals surface area contributed by atoms with Crippen molar-refractivity contribution in [3.05, 3.63) is 29.1 Å². The van der Waals surface area contributed by atoms with Gasteiger partial charge in [-0.2, -0.15) is 0 Å². The lowest BCUT2D eigenvalue weighted by Crippen LogP contribution is -2.42.